The number of carbonyl (C=O) groups excluding carboxylic acids is 1. The molecule has 0 aliphatic carbocycles. The van der Waals surface area contributed by atoms with E-state index in [1.165, 1.54) is 25.3 Å². The Morgan fingerprint density at radius 3 is 2.57 bits per heavy atom. The minimum Gasteiger partial charge on any atom is -0.508 e. The van der Waals surface area contributed by atoms with Crippen LogP contribution in [0.4, 0.5) is 11.4 Å². The van der Waals surface area contributed by atoms with E-state index >= 15 is 0 Å². The van der Waals surface area contributed by atoms with E-state index in [1.807, 2.05) is 0 Å². The zero-order chi connectivity index (χ0) is 16.8. The summed E-state index contributed by atoms with van der Waals surface area (Å²) in [4.78, 5) is 22.0. The van der Waals surface area contributed by atoms with Crippen LogP contribution in [0.1, 0.15) is 15.9 Å². The largest absolute Gasteiger partial charge is 0.508 e. The van der Waals surface area contributed by atoms with Crippen LogP contribution in [0.2, 0.25) is 0 Å². The third kappa shape index (κ3) is 4.19. The molecule has 0 radical (unpaired) electrons. The molecule has 0 unspecified atom stereocenters. The highest BCUT2D eigenvalue weighted by atomic mass is 16.6. The molecule has 120 valence electrons. The van der Waals surface area contributed by atoms with Crippen LogP contribution < -0.4 is 5.32 Å². The van der Waals surface area contributed by atoms with Gasteiger partial charge in [0.15, 0.2) is 0 Å². The van der Waals surface area contributed by atoms with Gasteiger partial charge in [0.25, 0.3) is 5.69 Å². The van der Waals surface area contributed by atoms with Gasteiger partial charge in [-0.1, -0.05) is 12.1 Å². The molecule has 0 heterocycles. The summed E-state index contributed by atoms with van der Waals surface area (Å²) >= 11 is 0. The van der Waals surface area contributed by atoms with Gasteiger partial charge in [-0.15, -0.1) is 0 Å². The summed E-state index contributed by atoms with van der Waals surface area (Å²) in [6, 6.07) is 10.8. The fourth-order valence-corrected chi connectivity index (χ4v) is 2.08. The number of nitrogens with zero attached hydrogens (tertiary/aromatic N) is 1. The average molecular weight is 316 g/mol. The number of hydrogen-bond acceptors (Lipinski definition) is 6. The van der Waals surface area contributed by atoms with Gasteiger partial charge in [0, 0.05) is 24.4 Å². The molecule has 0 bridgehead atoms. The minimum atomic E-state index is -0.638. The predicted octanol–water partition coefficient (Wildman–Crippen LogP) is 2.74. The second-order valence-corrected chi connectivity index (χ2v) is 4.82. The Balaban J connectivity index is 2.10. The first-order valence-electron chi connectivity index (χ1n) is 6.90. The van der Waals surface area contributed by atoms with Crippen molar-refractivity contribution in [3.8, 4) is 5.75 Å². The van der Waals surface area contributed by atoms with Crippen molar-refractivity contribution in [2.75, 3.05) is 19.0 Å². The van der Waals surface area contributed by atoms with Crippen LogP contribution in [0.15, 0.2) is 42.5 Å². The number of nitrogens with one attached hydrogen (secondary N) is 1. The van der Waals surface area contributed by atoms with Crippen LogP contribution in [0, 0.1) is 10.1 Å². The molecule has 0 amide bonds. The molecule has 0 atom stereocenters. The van der Waals surface area contributed by atoms with E-state index in [2.05, 4.69) is 10.1 Å². The summed E-state index contributed by atoms with van der Waals surface area (Å²) in [5, 5.41) is 23.1. The van der Waals surface area contributed by atoms with E-state index in [-0.39, 0.29) is 17.0 Å². The number of aromatic hydroxyl groups is 1. The van der Waals surface area contributed by atoms with Gasteiger partial charge in [-0.05, 0) is 30.2 Å². The van der Waals surface area contributed by atoms with Crippen molar-refractivity contribution in [1.29, 1.82) is 0 Å². The van der Waals surface area contributed by atoms with Gasteiger partial charge in [0.2, 0.25) is 0 Å². The van der Waals surface area contributed by atoms with E-state index < -0.39 is 10.9 Å². The highest BCUT2D eigenvalue weighted by Gasteiger charge is 2.17. The highest BCUT2D eigenvalue weighted by molar-refractivity contribution is 5.96. The van der Waals surface area contributed by atoms with Crippen molar-refractivity contribution in [3.05, 3.63) is 63.7 Å². The third-order valence-corrected chi connectivity index (χ3v) is 3.28. The minimum absolute atomic E-state index is 0.118. The fraction of sp³-hybridized carbons (Fsp3) is 0.188. The van der Waals surface area contributed by atoms with E-state index in [1.54, 1.807) is 24.3 Å². The second kappa shape index (κ2) is 7.26. The number of phenolic OH excluding ortho intramolecular Hbond substituents is 1. The molecular formula is C16H16N2O5. The molecule has 23 heavy (non-hydrogen) atoms. The molecule has 2 aromatic rings. The van der Waals surface area contributed by atoms with E-state index in [0.29, 0.717) is 18.7 Å². The number of nitro groups is 1. The summed E-state index contributed by atoms with van der Waals surface area (Å²) in [6.07, 6.45) is 0.665. The normalized spacial score (nSPS) is 10.1. The smallest absolute Gasteiger partial charge is 0.340 e. The molecule has 2 N–H and O–H groups in total. The van der Waals surface area contributed by atoms with E-state index in [0.717, 1.165) is 5.56 Å². The lowest BCUT2D eigenvalue weighted by molar-refractivity contribution is -0.384. The SMILES string of the molecule is COC(=O)c1cc([N+](=O)[O-])ccc1NCCc1ccc(O)cc1. The van der Waals surface area contributed by atoms with Gasteiger partial charge in [-0.2, -0.15) is 0 Å². The highest BCUT2D eigenvalue weighted by Crippen LogP contribution is 2.23. The molecule has 0 fully saturated rings. The maximum absolute atomic E-state index is 11.8. The van der Waals surface area contributed by atoms with Crippen molar-refractivity contribution in [2.45, 2.75) is 6.42 Å². The van der Waals surface area contributed by atoms with Gasteiger partial charge in [0.05, 0.1) is 17.6 Å². The van der Waals surface area contributed by atoms with Gasteiger partial charge in [-0.3, -0.25) is 10.1 Å². The maximum atomic E-state index is 11.8. The Morgan fingerprint density at radius 2 is 1.96 bits per heavy atom. The van der Waals surface area contributed by atoms with Gasteiger partial charge in [-0.25, -0.2) is 4.79 Å². The van der Waals surface area contributed by atoms with Crippen LogP contribution in [-0.4, -0.2) is 29.7 Å². The fourth-order valence-electron chi connectivity index (χ4n) is 2.08. The van der Waals surface area contributed by atoms with Crippen LogP contribution in [0.5, 0.6) is 5.75 Å². The number of ether oxygens (including phenoxy) is 1. The van der Waals surface area contributed by atoms with Crippen LogP contribution in [0.25, 0.3) is 0 Å². The third-order valence-electron chi connectivity index (χ3n) is 3.28. The predicted molar refractivity (Wildman–Crippen MR) is 84.7 cm³/mol. The summed E-state index contributed by atoms with van der Waals surface area (Å²) in [7, 11) is 1.22. The number of phenols is 1. The number of esters is 1. The van der Waals surface area contributed by atoms with Crippen molar-refractivity contribution >= 4 is 17.3 Å². The molecule has 0 saturated carbocycles. The van der Waals surface area contributed by atoms with Gasteiger partial charge >= 0.3 is 5.97 Å². The first-order chi connectivity index (χ1) is 11.0. The van der Waals surface area contributed by atoms with E-state index in [4.69, 9.17) is 0 Å². The Bertz CT molecular complexity index is 713. The summed E-state index contributed by atoms with van der Waals surface area (Å²) < 4.78 is 4.66. The van der Waals surface area contributed by atoms with Crippen molar-refractivity contribution < 1.29 is 19.6 Å². The van der Waals surface area contributed by atoms with Crippen LogP contribution in [0.3, 0.4) is 0 Å². The first kappa shape index (κ1) is 16.3. The molecule has 7 heteroatoms. The topological polar surface area (TPSA) is 102 Å². The zero-order valence-electron chi connectivity index (χ0n) is 12.5. The van der Waals surface area contributed by atoms with Crippen LogP contribution in [-0.2, 0) is 11.2 Å². The Kier molecular flexibility index (Phi) is 5.14. The number of nitro benzene ring substituents is 1. The number of non-ortho nitro benzene ring substituents is 1. The second-order valence-electron chi connectivity index (χ2n) is 4.82. The quantitative estimate of drug-likeness (QED) is 0.482. The van der Waals surface area contributed by atoms with Crippen LogP contribution >= 0.6 is 0 Å². The molecule has 2 aromatic carbocycles. The Morgan fingerprint density at radius 1 is 1.26 bits per heavy atom. The molecule has 0 saturated heterocycles. The van der Waals surface area contributed by atoms with Crippen molar-refractivity contribution in [1.82, 2.24) is 0 Å². The van der Waals surface area contributed by atoms with Gasteiger partial charge in [0.1, 0.15) is 5.75 Å². The molecular weight excluding hydrogens is 300 g/mol. The number of methoxy groups -OCH3 is 1. The summed E-state index contributed by atoms with van der Waals surface area (Å²) in [5.74, 6) is -0.439. The standard InChI is InChI=1S/C16H16N2O5/c1-23-16(20)14-10-12(18(21)22)4-7-15(14)17-9-8-11-2-5-13(19)6-3-11/h2-7,10,17,19H,8-9H2,1H3. The van der Waals surface area contributed by atoms with Crippen molar-refractivity contribution in [2.24, 2.45) is 0 Å². The number of anilines is 1. The Hall–Kier alpha value is -3.09. The monoisotopic (exact) mass is 316 g/mol. The molecule has 0 aromatic heterocycles. The zero-order valence-corrected chi connectivity index (χ0v) is 12.5. The number of rotatable bonds is 6. The molecule has 7 nitrogen and oxygen atoms in total. The summed E-state index contributed by atoms with van der Waals surface area (Å²) in [5.41, 5.74) is 1.43. The van der Waals surface area contributed by atoms with E-state index in [9.17, 15) is 20.0 Å². The maximum Gasteiger partial charge on any atom is 0.340 e. The molecule has 0 aliphatic rings. The number of hydrogen-bond donors (Lipinski definition) is 2. The lowest BCUT2D eigenvalue weighted by atomic mass is 10.1. The summed E-state index contributed by atoms with van der Waals surface area (Å²) in [6.45, 7) is 0.520. The molecule has 0 aliphatic heterocycles. The molecule has 2 rings (SSSR count). The van der Waals surface area contributed by atoms with Crippen molar-refractivity contribution in [3.63, 3.8) is 0 Å². The van der Waals surface area contributed by atoms with Gasteiger partial charge < -0.3 is 15.2 Å². The average Bonchev–Trinajstić information content (AvgIpc) is 2.56. The Labute approximate surface area is 132 Å². The number of carbonyl (C=O) groups is 1. The lowest BCUT2D eigenvalue weighted by Gasteiger charge is -2.11. The lowest BCUT2D eigenvalue weighted by Crippen LogP contribution is -2.11. The first-order valence-corrected chi connectivity index (χ1v) is 6.90. The number of benzene rings is 2. The molecule has 0 spiro atoms.